The minimum Gasteiger partial charge on any atom is -0.382 e. The Kier molecular flexibility index (Phi) is 9.79. The number of carbonyl (C=O) groups excluding carboxylic acids is 1. The minimum atomic E-state index is -0.114. The molecule has 0 saturated heterocycles. The lowest BCUT2D eigenvalue weighted by molar-refractivity contribution is -0.121. The average Bonchev–Trinajstić information content (AvgIpc) is 3.44. The zero-order valence-corrected chi connectivity index (χ0v) is 24.5. The van der Waals surface area contributed by atoms with Gasteiger partial charge < -0.3 is 25.3 Å². The van der Waals surface area contributed by atoms with E-state index in [9.17, 15) is 4.79 Å². The molecule has 0 radical (unpaired) electrons. The normalized spacial score (nSPS) is 12.3. The van der Waals surface area contributed by atoms with E-state index in [-0.39, 0.29) is 12.0 Å². The van der Waals surface area contributed by atoms with Crippen molar-refractivity contribution in [2.45, 2.75) is 38.3 Å². The number of nitrogens with two attached hydrogens (primary N) is 1. The molecule has 5 rings (SSSR count). The van der Waals surface area contributed by atoms with Gasteiger partial charge in [0.2, 0.25) is 5.91 Å². The first-order valence-corrected chi connectivity index (χ1v) is 14.7. The maximum absolute atomic E-state index is 12.5. The number of anilines is 1. The number of fused-ring (bicyclic) bond motifs is 3. The summed E-state index contributed by atoms with van der Waals surface area (Å²) in [7, 11) is 4.09. The van der Waals surface area contributed by atoms with Crippen molar-refractivity contribution in [3.05, 3.63) is 102 Å². The molecule has 0 spiro atoms. The third-order valence-electron chi connectivity index (χ3n) is 7.48. The summed E-state index contributed by atoms with van der Waals surface area (Å²) in [6.07, 6.45) is 4.68. The van der Waals surface area contributed by atoms with Crippen molar-refractivity contribution in [1.29, 1.82) is 0 Å². The van der Waals surface area contributed by atoms with E-state index in [4.69, 9.17) is 10.5 Å². The van der Waals surface area contributed by atoms with E-state index in [0.717, 1.165) is 64.6 Å². The van der Waals surface area contributed by atoms with Crippen LogP contribution >= 0.6 is 0 Å². The fourth-order valence-electron chi connectivity index (χ4n) is 5.18. The number of carbonyl (C=O) groups is 1. The number of imidazole rings is 1. The number of nitrogens with one attached hydrogen (secondary N) is 1. The Morgan fingerprint density at radius 3 is 2.50 bits per heavy atom. The third kappa shape index (κ3) is 7.32. The van der Waals surface area contributed by atoms with Crippen LogP contribution in [-0.4, -0.2) is 59.1 Å². The van der Waals surface area contributed by atoms with Crippen LogP contribution in [0.15, 0.2) is 85.2 Å². The molecule has 0 aliphatic carbocycles. The molecule has 0 aliphatic rings. The van der Waals surface area contributed by atoms with Crippen LogP contribution in [0, 0.1) is 0 Å². The molecule has 8 heteroatoms. The van der Waals surface area contributed by atoms with Gasteiger partial charge in [-0.05, 0) is 56.1 Å². The lowest BCUT2D eigenvalue weighted by Crippen LogP contribution is -2.24. The number of hydrogen-bond donors (Lipinski definition) is 2. The van der Waals surface area contributed by atoms with Crippen molar-refractivity contribution in [3.8, 4) is 0 Å². The number of aryl methyl sites for hydroxylation is 2. The minimum absolute atomic E-state index is 0.0752. The number of nitrogens with zero attached hydrogens (tertiary/aromatic N) is 4. The number of aromatic nitrogens is 3. The first kappa shape index (κ1) is 29.2. The zero-order chi connectivity index (χ0) is 29.3. The van der Waals surface area contributed by atoms with Crippen molar-refractivity contribution in [3.63, 3.8) is 0 Å². The average molecular weight is 565 g/mol. The van der Waals surface area contributed by atoms with E-state index >= 15 is 0 Å². The lowest BCUT2D eigenvalue weighted by Gasteiger charge is -2.20. The maximum Gasteiger partial charge on any atom is 0.220 e. The van der Waals surface area contributed by atoms with E-state index in [0.29, 0.717) is 31.8 Å². The molecule has 2 heterocycles. The number of rotatable bonds is 14. The fraction of sp³-hybridized carbons (Fsp3) is 0.324. The molecule has 8 nitrogen and oxygen atoms in total. The van der Waals surface area contributed by atoms with Crippen molar-refractivity contribution in [2.24, 2.45) is 0 Å². The van der Waals surface area contributed by atoms with Crippen LogP contribution in [0.2, 0.25) is 0 Å². The summed E-state index contributed by atoms with van der Waals surface area (Å²) >= 11 is 0. The van der Waals surface area contributed by atoms with Gasteiger partial charge in [-0.15, -0.1) is 0 Å². The van der Waals surface area contributed by atoms with E-state index < -0.39 is 0 Å². The molecule has 3 N–H and O–H groups in total. The highest BCUT2D eigenvalue weighted by Crippen LogP contribution is 2.28. The van der Waals surface area contributed by atoms with Crippen molar-refractivity contribution in [2.75, 3.05) is 39.5 Å². The van der Waals surface area contributed by atoms with Gasteiger partial charge in [0, 0.05) is 31.4 Å². The molecule has 218 valence electrons. The predicted octanol–water partition coefficient (Wildman–Crippen LogP) is 5.36. The van der Waals surface area contributed by atoms with Crippen LogP contribution < -0.4 is 11.1 Å². The fourth-order valence-corrected chi connectivity index (χ4v) is 5.18. The number of amides is 1. The molecule has 0 aliphatic heterocycles. The zero-order valence-electron chi connectivity index (χ0n) is 24.5. The van der Waals surface area contributed by atoms with Crippen molar-refractivity contribution in [1.82, 2.24) is 24.8 Å². The summed E-state index contributed by atoms with van der Waals surface area (Å²) in [4.78, 5) is 23.6. The monoisotopic (exact) mass is 564 g/mol. The Labute approximate surface area is 247 Å². The molecule has 1 amide bonds. The summed E-state index contributed by atoms with van der Waals surface area (Å²) in [5, 5.41) is 4.12. The first-order valence-electron chi connectivity index (χ1n) is 14.7. The molecule has 2 aromatic heterocycles. The summed E-state index contributed by atoms with van der Waals surface area (Å²) in [5.74, 6) is 0.528. The van der Waals surface area contributed by atoms with Crippen molar-refractivity contribution >= 4 is 33.7 Å². The van der Waals surface area contributed by atoms with Crippen LogP contribution in [0.5, 0.6) is 0 Å². The maximum atomic E-state index is 12.5. The summed E-state index contributed by atoms with van der Waals surface area (Å²) in [6.45, 7) is 2.96. The SMILES string of the molecule is CN(C)CCOC(c1ccccc1)c1ccc(CCC(=O)NCCCCn2cnc3c(N)nc4ccccc4c32)cc1. The summed E-state index contributed by atoms with van der Waals surface area (Å²) in [6, 6.07) is 26.7. The third-order valence-corrected chi connectivity index (χ3v) is 7.48. The first-order chi connectivity index (χ1) is 20.5. The topological polar surface area (TPSA) is 98.3 Å². The van der Waals surface area contributed by atoms with E-state index in [1.165, 1.54) is 0 Å². The Balaban J connectivity index is 1.08. The number of ether oxygens (including phenoxy) is 1. The van der Waals surface area contributed by atoms with Gasteiger partial charge in [-0.3, -0.25) is 4.79 Å². The van der Waals surface area contributed by atoms with Crippen LogP contribution in [-0.2, 0) is 22.5 Å². The molecule has 0 bridgehead atoms. The van der Waals surface area contributed by atoms with Gasteiger partial charge in [0.05, 0.1) is 24.0 Å². The molecular weight excluding hydrogens is 524 g/mol. The summed E-state index contributed by atoms with van der Waals surface area (Å²) < 4.78 is 8.41. The van der Waals surface area contributed by atoms with Gasteiger partial charge in [0.15, 0.2) is 5.82 Å². The second-order valence-electron chi connectivity index (χ2n) is 10.9. The molecule has 1 atom stereocenters. The van der Waals surface area contributed by atoms with Gasteiger partial charge in [-0.2, -0.15) is 0 Å². The number of likely N-dealkylation sites (N-methyl/N-ethyl adjacent to an activating group) is 1. The molecule has 1 unspecified atom stereocenters. The van der Waals surface area contributed by atoms with Crippen LogP contribution in [0.25, 0.3) is 21.9 Å². The highest BCUT2D eigenvalue weighted by Gasteiger charge is 2.15. The molecule has 3 aromatic carbocycles. The number of unbranched alkanes of at least 4 members (excludes halogenated alkanes) is 1. The Morgan fingerprint density at radius 1 is 0.976 bits per heavy atom. The number of para-hydroxylation sites is 1. The highest BCUT2D eigenvalue weighted by atomic mass is 16.5. The number of hydrogen-bond acceptors (Lipinski definition) is 6. The molecule has 5 aromatic rings. The predicted molar refractivity (Wildman–Crippen MR) is 169 cm³/mol. The second kappa shape index (κ2) is 14.1. The largest absolute Gasteiger partial charge is 0.382 e. The van der Waals surface area contributed by atoms with Gasteiger partial charge in [-0.25, -0.2) is 9.97 Å². The quantitative estimate of drug-likeness (QED) is 0.176. The standard InChI is InChI=1S/C34H40N6O2/c1-39(2)22-23-42-33(26-10-4-3-5-11-26)27-17-14-25(15-18-27)16-19-30(41)36-20-8-9-21-40-24-37-31-32(40)28-12-6-7-13-29(28)38-34(31)35/h3-7,10-15,17-18,24,33H,8-9,16,19-23H2,1-2H3,(H2,35,38)(H,36,41). The van der Waals surface area contributed by atoms with E-state index in [1.54, 1.807) is 0 Å². The van der Waals surface area contributed by atoms with E-state index in [1.807, 2.05) is 56.8 Å². The lowest BCUT2D eigenvalue weighted by atomic mass is 9.99. The van der Waals surface area contributed by atoms with E-state index in [2.05, 4.69) is 67.2 Å². The highest BCUT2D eigenvalue weighted by molar-refractivity contribution is 6.06. The molecule has 42 heavy (non-hydrogen) atoms. The number of pyridine rings is 1. The Hall–Kier alpha value is -4.27. The number of benzene rings is 3. The van der Waals surface area contributed by atoms with Crippen LogP contribution in [0.3, 0.4) is 0 Å². The van der Waals surface area contributed by atoms with Crippen LogP contribution in [0.4, 0.5) is 5.82 Å². The van der Waals surface area contributed by atoms with Crippen LogP contribution in [0.1, 0.15) is 42.1 Å². The second-order valence-corrected chi connectivity index (χ2v) is 10.9. The Bertz CT molecular complexity index is 1600. The van der Waals surface area contributed by atoms with Gasteiger partial charge in [0.25, 0.3) is 0 Å². The number of nitrogen functional groups attached to an aromatic ring is 1. The smallest absolute Gasteiger partial charge is 0.220 e. The molecule has 0 saturated carbocycles. The Morgan fingerprint density at radius 2 is 1.71 bits per heavy atom. The van der Waals surface area contributed by atoms with Gasteiger partial charge >= 0.3 is 0 Å². The summed E-state index contributed by atoms with van der Waals surface area (Å²) in [5.41, 5.74) is 12.2. The van der Waals surface area contributed by atoms with Gasteiger partial charge in [-0.1, -0.05) is 72.8 Å². The molecule has 0 fully saturated rings. The van der Waals surface area contributed by atoms with Crippen molar-refractivity contribution < 1.29 is 9.53 Å². The molecular formula is C34H40N6O2. The van der Waals surface area contributed by atoms with Gasteiger partial charge in [0.1, 0.15) is 11.6 Å².